The molecule has 0 bridgehead atoms. The quantitative estimate of drug-likeness (QED) is 0.881. The van der Waals surface area contributed by atoms with Crippen molar-refractivity contribution in [3.63, 3.8) is 0 Å². The molecule has 0 atom stereocenters. The second-order valence-electron chi connectivity index (χ2n) is 4.98. The van der Waals surface area contributed by atoms with Crippen LogP contribution in [-0.2, 0) is 11.3 Å². The van der Waals surface area contributed by atoms with Crippen molar-refractivity contribution in [2.24, 2.45) is 5.73 Å². The molecule has 2 N–H and O–H groups in total. The van der Waals surface area contributed by atoms with Crippen molar-refractivity contribution in [1.29, 1.82) is 0 Å². The number of hydrogen-bond acceptors (Lipinski definition) is 3. The van der Waals surface area contributed by atoms with Gasteiger partial charge in [0, 0.05) is 19.6 Å². The third kappa shape index (κ3) is 2.73. The van der Waals surface area contributed by atoms with E-state index < -0.39 is 0 Å². The van der Waals surface area contributed by atoms with Gasteiger partial charge in [-0.25, -0.2) is 0 Å². The molecule has 1 aromatic carbocycles. The van der Waals surface area contributed by atoms with E-state index in [1.807, 2.05) is 18.2 Å². The normalized spacial score (nSPS) is 19.4. The van der Waals surface area contributed by atoms with E-state index in [1.54, 1.807) is 0 Å². The van der Waals surface area contributed by atoms with E-state index in [4.69, 9.17) is 22.1 Å². The summed E-state index contributed by atoms with van der Waals surface area (Å²) >= 11 is 6.30. The van der Waals surface area contributed by atoms with Gasteiger partial charge >= 0.3 is 0 Å². The van der Waals surface area contributed by atoms with Crippen LogP contribution in [0.1, 0.15) is 19.4 Å². The van der Waals surface area contributed by atoms with Crippen LogP contribution in [0.25, 0.3) is 0 Å². The lowest BCUT2D eigenvalue weighted by atomic mass is 10.0. The molecular weight excluding hydrogens is 236 g/mol. The van der Waals surface area contributed by atoms with E-state index in [0.29, 0.717) is 6.54 Å². The first-order chi connectivity index (χ1) is 8.03. The highest BCUT2D eigenvalue weighted by Gasteiger charge is 2.29. The van der Waals surface area contributed by atoms with Crippen LogP contribution in [0.5, 0.6) is 0 Å². The molecule has 0 aliphatic carbocycles. The zero-order valence-electron chi connectivity index (χ0n) is 10.4. The minimum atomic E-state index is -0.136. The molecular formula is C13H19ClN2O. The van der Waals surface area contributed by atoms with Crippen molar-refractivity contribution < 1.29 is 4.74 Å². The maximum atomic E-state index is 6.30. The molecule has 0 saturated carbocycles. The molecule has 0 unspecified atom stereocenters. The predicted octanol–water partition coefficient (Wildman–Crippen LogP) is 2.41. The fraction of sp³-hybridized carbons (Fsp3) is 0.538. The second-order valence-corrected chi connectivity index (χ2v) is 5.39. The fourth-order valence-corrected chi connectivity index (χ4v) is 2.60. The van der Waals surface area contributed by atoms with Crippen LogP contribution in [-0.4, -0.2) is 25.3 Å². The summed E-state index contributed by atoms with van der Waals surface area (Å²) in [6.07, 6.45) is 0. The van der Waals surface area contributed by atoms with Gasteiger partial charge in [0.2, 0.25) is 0 Å². The highest BCUT2D eigenvalue weighted by Crippen LogP contribution is 2.32. The van der Waals surface area contributed by atoms with Gasteiger partial charge in [-0.2, -0.15) is 0 Å². The van der Waals surface area contributed by atoms with Crippen molar-refractivity contribution in [2.75, 3.05) is 24.6 Å². The van der Waals surface area contributed by atoms with Gasteiger partial charge in [0.1, 0.15) is 0 Å². The molecule has 1 aliphatic heterocycles. The SMILES string of the molecule is CC1(C)CN(c2c(Cl)cccc2CN)CCO1. The summed E-state index contributed by atoms with van der Waals surface area (Å²) in [4.78, 5) is 2.27. The van der Waals surface area contributed by atoms with Gasteiger partial charge in [-0.05, 0) is 25.5 Å². The number of anilines is 1. The third-order valence-electron chi connectivity index (χ3n) is 3.03. The Labute approximate surface area is 107 Å². The number of nitrogens with zero attached hydrogens (tertiary/aromatic N) is 1. The Balaban J connectivity index is 2.33. The molecule has 4 heteroatoms. The summed E-state index contributed by atoms with van der Waals surface area (Å²) in [6, 6.07) is 5.89. The van der Waals surface area contributed by atoms with E-state index in [9.17, 15) is 0 Å². The first kappa shape index (κ1) is 12.7. The minimum absolute atomic E-state index is 0.136. The van der Waals surface area contributed by atoms with E-state index in [1.165, 1.54) is 0 Å². The number of morpholine rings is 1. The highest BCUT2D eigenvalue weighted by atomic mass is 35.5. The van der Waals surface area contributed by atoms with Gasteiger partial charge in [0.25, 0.3) is 0 Å². The van der Waals surface area contributed by atoms with Crippen molar-refractivity contribution in [3.05, 3.63) is 28.8 Å². The number of halogens is 1. The van der Waals surface area contributed by atoms with Crippen LogP contribution in [0, 0.1) is 0 Å². The molecule has 3 nitrogen and oxygen atoms in total. The minimum Gasteiger partial charge on any atom is -0.372 e. The summed E-state index contributed by atoms with van der Waals surface area (Å²) in [6.45, 7) is 7.12. The predicted molar refractivity (Wildman–Crippen MR) is 71.6 cm³/mol. The summed E-state index contributed by atoms with van der Waals surface area (Å²) in [5.74, 6) is 0. The number of ether oxygens (including phenoxy) is 1. The molecule has 0 aromatic heterocycles. The highest BCUT2D eigenvalue weighted by molar-refractivity contribution is 6.33. The van der Waals surface area contributed by atoms with Crippen LogP contribution in [0.3, 0.4) is 0 Å². The van der Waals surface area contributed by atoms with Crippen LogP contribution in [0.15, 0.2) is 18.2 Å². The van der Waals surface area contributed by atoms with Crippen LogP contribution < -0.4 is 10.6 Å². The number of rotatable bonds is 2. The largest absolute Gasteiger partial charge is 0.372 e. The monoisotopic (exact) mass is 254 g/mol. The molecule has 2 rings (SSSR count). The number of benzene rings is 1. The van der Waals surface area contributed by atoms with Gasteiger partial charge < -0.3 is 15.4 Å². The summed E-state index contributed by atoms with van der Waals surface area (Å²) < 4.78 is 5.71. The Morgan fingerprint density at radius 2 is 2.24 bits per heavy atom. The average molecular weight is 255 g/mol. The summed E-state index contributed by atoms with van der Waals surface area (Å²) in [5, 5.41) is 0.769. The van der Waals surface area contributed by atoms with Crippen molar-refractivity contribution in [1.82, 2.24) is 0 Å². The molecule has 1 heterocycles. The molecule has 1 aromatic rings. The smallest absolute Gasteiger partial charge is 0.0801 e. The standard InChI is InChI=1S/C13H19ClN2O/c1-13(2)9-16(6-7-17-13)12-10(8-15)4-3-5-11(12)14/h3-5H,6-9,15H2,1-2H3. The van der Waals surface area contributed by atoms with Gasteiger partial charge in [0.05, 0.1) is 22.9 Å². The molecule has 0 amide bonds. The molecule has 94 valence electrons. The Morgan fingerprint density at radius 1 is 1.47 bits per heavy atom. The van der Waals surface area contributed by atoms with E-state index in [-0.39, 0.29) is 5.60 Å². The second kappa shape index (κ2) is 4.84. The van der Waals surface area contributed by atoms with Gasteiger partial charge in [-0.3, -0.25) is 0 Å². The van der Waals surface area contributed by atoms with Crippen molar-refractivity contribution in [2.45, 2.75) is 26.0 Å². The first-order valence-electron chi connectivity index (χ1n) is 5.90. The van der Waals surface area contributed by atoms with Crippen LogP contribution in [0.4, 0.5) is 5.69 Å². The molecule has 0 spiro atoms. The molecule has 17 heavy (non-hydrogen) atoms. The van der Waals surface area contributed by atoms with E-state index in [2.05, 4.69) is 18.7 Å². The third-order valence-corrected chi connectivity index (χ3v) is 3.34. The van der Waals surface area contributed by atoms with Crippen LogP contribution >= 0.6 is 11.6 Å². The lowest BCUT2D eigenvalue weighted by Crippen LogP contribution is -2.48. The number of hydrogen-bond donors (Lipinski definition) is 1. The van der Waals surface area contributed by atoms with E-state index in [0.717, 1.165) is 36.0 Å². The lowest BCUT2D eigenvalue weighted by Gasteiger charge is -2.40. The number of nitrogens with two attached hydrogens (primary N) is 1. The van der Waals surface area contributed by atoms with Crippen LogP contribution in [0.2, 0.25) is 5.02 Å². The van der Waals surface area contributed by atoms with Crippen molar-refractivity contribution in [3.8, 4) is 0 Å². The summed E-state index contributed by atoms with van der Waals surface area (Å²) in [7, 11) is 0. The molecule has 1 fully saturated rings. The molecule has 1 aliphatic rings. The zero-order chi connectivity index (χ0) is 12.5. The van der Waals surface area contributed by atoms with Gasteiger partial charge in [-0.1, -0.05) is 23.7 Å². The Bertz CT molecular complexity index is 406. The van der Waals surface area contributed by atoms with Gasteiger partial charge in [-0.15, -0.1) is 0 Å². The van der Waals surface area contributed by atoms with Crippen molar-refractivity contribution >= 4 is 17.3 Å². The zero-order valence-corrected chi connectivity index (χ0v) is 11.1. The molecule has 1 saturated heterocycles. The first-order valence-corrected chi connectivity index (χ1v) is 6.28. The van der Waals surface area contributed by atoms with Gasteiger partial charge in [0.15, 0.2) is 0 Å². The maximum Gasteiger partial charge on any atom is 0.0801 e. The Kier molecular flexibility index (Phi) is 3.61. The lowest BCUT2D eigenvalue weighted by molar-refractivity contribution is -0.0277. The Morgan fingerprint density at radius 3 is 2.88 bits per heavy atom. The fourth-order valence-electron chi connectivity index (χ4n) is 2.29. The van der Waals surface area contributed by atoms with E-state index >= 15 is 0 Å². The topological polar surface area (TPSA) is 38.5 Å². The Hall–Kier alpha value is -0.770. The average Bonchev–Trinajstić information content (AvgIpc) is 2.27. The summed E-state index contributed by atoms with van der Waals surface area (Å²) in [5.41, 5.74) is 7.80. The maximum absolute atomic E-state index is 6.30. The molecule has 0 radical (unpaired) electrons. The number of para-hydroxylation sites is 1.